The summed E-state index contributed by atoms with van der Waals surface area (Å²) in [6.45, 7) is 0. The van der Waals surface area contributed by atoms with Crippen LogP contribution >= 0.6 is 0 Å². The molecule has 0 unspecified atom stereocenters. The van der Waals surface area contributed by atoms with Gasteiger partial charge < -0.3 is 19.2 Å². The second-order valence-electron chi connectivity index (χ2n) is 0.600. The third-order valence-corrected chi connectivity index (χ3v) is 0. The van der Waals surface area contributed by atoms with E-state index in [1.165, 1.54) is 0 Å². The molecule has 0 aromatic carbocycles. The van der Waals surface area contributed by atoms with Crippen molar-refractivity contribution in [1.82, 2.24) is 0 Å². The van der Waals surface area contributed by atoms with Crippen LogP contribution in [0.4, 0.5) is 0 Å². The van der Waals surface area contributed by atoms with Crippen LogP contribution in [0.3, 0.4) is 0 Å². The molecule has 0 radical (unpaired) electrons. The van der Waals surface area contributed by atoms with Crippen molar-refractivity contribution < 1.29 is 46.4 Å². The molecule has 0 amide bonds. The average molecular weight is 291 g/mol. The van der Waals surface area contributed by atoms with Crippen LogP contribution in [0.15, 0.2) is 0 Å². The standard InChI is InChI=1S/Hf.H4O4Si.O/c;1-5(2,3)4;/h;1-4H;. The van der Waals surface area contributed by atoms with E-state index in [4.69, 9.17) is 22.0 Å². The van der Waals surface area contributed by atoms with E-state index in [1.807, 2.05) is 0 Å². The Morgan fingerprint density at radius 3 is 1.00 bits per heavy atom. The van der Waals surface area contributed by atoms with Crippen LogP contribution in [0.5, 0.6) is 0 Å². The number of hydrogen-bond donors (Lipinski definition) is 4. The zero-order valence-electron chi connectivity index (χ0n) is 3.20. The Balaban J connectivity index is 0. The maximum atomic E-state index is 8.39. The van der Waals surface area contributed by atoms with Gasteiger partial charge in [-0.3, -0.25) is 0 Å². The van der Waals surface area contributed by atoms with Crippen molar-refractivity contribution in [3.63, 3.8) is 0 Å². The second-order valence-corrected chi connectivity index (χ2v) is 1.80. The molecule has 0 fully saturated rings. The molecule has 0 aromatic rings. The Kier molecular flexibility index (Phi) is 7.43. The molecule has 0 saturated heterocycles. The molecule has 0 aliphatic carbocycles. The van der Waals surface area contributed by atoms with Crippen molar-refractivity contribution in [2.75, 3.05) is 0 Å². The molecule has 0 atom stereocenters. The van der Waals surface area contributed by atoms with Gasteiger partial charge in [-0.05, 0) is 0 Å². The van der Waals surface area contributed by atoms with Crippen molar-refractivity contribution in [3.05, 3.63) is 0 Å². The van der Waals surface area contributed by atoms with Gasteiger partial charge in [0.25, 0.3) is 0 Å². The van der Waals surface area contributed by atoms with Gasteiger partial charge in [0, 0.05) is 0 Å². The molecule has 0 spiro atoms. The Morgan fingerprint density at radius 1 is 1.00 bits per heavy atom. The fourth-order valence-corrected chi connectivity index (χ4v) is 0. The molecule has 5 nitrogen and oxygen atoms in total. The van der Waals surface area contributed by atoms with Crippen LogP contribution in [0, 0.1) is 0 Å². The number of hydrogen-bond acceptors (Lipinski definition) is 5. The van der Waals surface area contributed by atoms with Gasteiger partial charge in [-0.25, -0.2) is 0 Å². The molecule has 0 aliphatic heterocycles. The summed E-state index contributed by atoms with van der Waals surface area (Å²) in [5.74, 6) is 0. The normalized spacial score (nSPS) is 9.00. The summed E-state index contributed by atoms with van der Waals surface area (Å²) < 4.78 is 8.39. The zero-order chi connectivity index (χ0) is 6.50. The summed E-state index contributed by atoms with van der Waals surface area (Å²) in [6, 6.07) is 0. The first-order chi connectivity index (χ1) is 3.00. The molecule has 0 saturated carbocycles. The molecular weight excluding hydrogens is 287 g/mol. The average Bonchev–Trinajstić information content (AvgIpc) is 1.36. The van der Waals surface area contributed by atoms with Crippen LogP contribution < -0.4 is 0 Å². The van der Waals surface area contributed by atoms with E-state index in [2.05, 4.69) is 0 Å². The summed E-state index contributed by atoms with van der Waals surface area (Å²) >= 11 is 0.0556. The van der Waals surface area contributed by atoms with Gasteiger partial charge in [0.05, 0.1) is 0 Å². The first kappa shape index (κ1) is 10.7. The van der Waals surface area contributed by atoms with Crippen molar-refractivity contribution >= 4 is 9.05 Å². The molecule has 0 heterocycles. The summed E-state index contributed by atoms with van der Waals surface area (Å²) in [7, 11) is -4.61. The predicted octanol–water partition coefficient (Wildman–Crippen LogP) is -2.73. The van der Waals surface area contributed by atoms with Crippen LogP contribution in [0.25, 0.3) is 0 Å². The van der Waals surface area contributed by atoms with Gasteiger partial charge >= 0.3 is 36.3 Å². The van der Waals surface area contributed by atoms with Crippen molar-refractivity contribution in [2.45, 2.75) is 0 Å². The Bertz CT molecular complexity index is 31.8. The van der Waals surface area contributed by atoms with E-state index < -0.39 is 9.05 Å². The van der Waals surface area contributed by atoms with Gasteiger partial charge in [-0.15, -0.1) is 0 Å². The first-order valence-electron chi connectivity index (χ1n) is 1.10. The van der Waals surface area contributed by atoms with Crippen LogP contribution in [0.2, 0.25) is 0 Å². The molecule has 0 bridgehead atoms. The monoisotopic (exact) mass is 292 g/mol. The topological polar surface area (TPSA) is 98.0 Å². The Morgan fingerprint density at radius 2 is 1.00 bits per heavy atom. The first-order valence-corrected chi connectivity index (χ1v) is 4.35. The van der Waals surface area contributed by atoms with Crippen LogP contribution in [-0.2, 0) is 27.2 Å². The van der Waals surface area contributed by atoms with E-state index in [0.29, 0.717) is 0 Å². The van der Waals surface area contributed by atoms with Gasteiger partial charge in [-0.1, -0.05) is 0 Å². The molecule has 7 heavy (non-hydrogen) atoms. The van der Waals surface area contributed by atoms with Gasteiger partial charge in [-0.2, -0.15) is 0 Å². The molecular formula is H4HfO5Si. The Labute approximate surface area is 55.7 Å². The molecule has 4 N–H and O–H groups in total. The minimum absolute atomic E-state index is 0.0556. The van der Waals surface area contributed by atoms with Crippen LogP contribution in [0.1, 0.15) is 0 Å². The van der Waals surface area contributed by atoms with Crippen molar-refractivity contribution in [1.29, 1.82) is 0 Å². The molecule has 0 aromatic heterocycles. The van der Waals surface area contributed by atoms with Crippen LogP contribution in [-0.4, -0.2) is 28.2 Å². The zero-order valence-corrected chi connectivity index (χ0v) is 7.79. The number of rotatable bonds is 0. The molecule has 0 rings (SSSR count). The molecule has 0 aliphatic rings. The summed E-state index contributed by atoms with van der Waals surface area (Å²) in [4.78, 5) is 29.3. The molecule has 42 valence electrons. The van der Waals surface area contributed by atoms with E-state index >= 15 is 0 Å². The van der Waals surface area contributed by atoms with E-state index in [-0.39, 0.29) is 24.4 Å². The van der Waals surface area contributed by atoms with E-state index in [0.717, 1.165) is 0 Å². The van der Waals surface area contributed by atoms with Crippen molar-refractivity contribution in [3.8, 4) is 0 Å². The summed E-state index contributed by atoms with van der Waals surface area (Å²) in [5, 5.41) is 0. The minimum atomic E-state index is -4.61. The van der Waals surface area contributed by atoms with Crippen molar-refractivity contribution in [2.24, 2.45) is 0 Å². The third kappa shape index (κ3) is 284. The fraction of sp³-hybridized carbons (Fsp3) is 0. The van der Waals surface area contributed by atoms with Gasteiger partial charge in [0.2, 0.25) is 0 Å². The second kappa shape index (κ2) is 4.88. The molecule has 7 heteroatoms. The van der Waals surface area contributed by atoms with Gasteiger partial charge in [0.15, 0.2) is 0 Å². The van der Waals surface area contributed by atoms with E-state index in [1.54, 1.807) is 0 Å². The SMILES string of the molecule is O[Si](O)(O)O.[O]=[Hf]. The third-order valence-electron chi connectivity index (χ3n) is 0. The quantitative estimate of drug-likeness (QED) is 0.363. The predicted molar refractivity (Wildman–Crippen MR) is 15.3 cm³/mol. The fourth-order valence-electron chi connectivity index (χ4n) is 0. The summed E-state index contributed by atoms with van der Waals surface area (Å²) in [6.07, 6.45) is 0. The Hall–Kier alpha value is 0.727. The maximum absolute atomic E-state index is 8.39. The van der Waals surface area contributed by atoms with Gasteiger partial charge in [0.1, 0.15) is 0 Å². The summed E-state index contributed by atoms with van der Waals surface area (Å²) in [5.41, 5.74) is 0. The van der Waals surface area contributed by atoms with E-state index in [9.17, 15) is 0 Å².